The van der Waals surface area contributed by atoms with Gasteiger partial charge in [-0.05, 0) is 20.8 Å². The Balaban J connectivity index is 4.36. The van der Waals surface area contributed by atoms with E-state index in [1.165, 1.54) is 18.9 Å². The van der Waals surface area contributed by atoms with Gasteiger partial charge in [-0.25, -0.2) is 9.59 Å². The van der Waals surface area contributed by atoms with E-state index in [2.05, 4.69) is 16.0 Å². The van der Waals surface area contributed by atoms with Crippen molar-refractivity contribution in [1.29, 1.82) is 0 Å². The summed E-state index contributed by atoms with van der Waals surface area (Å²) in [5, 5.41) is 2.46. The molecule has 0 rings (SSSR count). The Hall–Kier alpha value is -1.35. The molecule has 0 bridgehead atoms. The monoisotopic (exact) mass is 273 g/mol. The maximum absolute atomic E-state index is 11.5. The van der Waals surface area contributed by atoms with Crippen molar-refractivity contribution in [2.45, 2.75) is 32.4 Å². The number of alkyl carbamates (subject to hydrolysis) is 1. The fourth-order valence-electron chi connectivity index (χ4n) is 0.996. The normalized spacial score (nSPS) is 12.2. The number of ether oxygens (including phenoxy) is 2. The van der Waals surface area contributed by atoms with Gasteiger partial charge in [0.05, 0.1) is 12.9 Å². The van der Waals surface area contributed by atoms with Gasteiger partial charge in [-0.1, -0.05) is 5.92 Å². The molecule has 0 saturated carbocycles. The standard InChI is InChI=1S/C12H19NO4S/c1-6-7-18-8-9(10(14)16-5)13-11(15)17-12(2,3)4/h1,9H,7-8H2,2-5H3,(H,13,15)/t9-/m0/s1. The van der Waals surface area contributed by atoms with Crippen LogP contribution in [0.3, 0.4) is 0 Å². The quantitative estimate of drug-likeness (QED) is 0.466. The maximum atomic E-state index is 11.5. The number of terminal acetylenes is 1. The summed E-state index contributed by atoms with van der Waals surface area (Å²) in [4.78, 5) is 23.0. The lowest BCUT2D eigenvalue weighted by Crippen LogP contribution is -2.45. The van der Waals surface area contributed by atoms with Crippen LogP contribution in [0.2, 0.25) is 0 Å². The Morgan fingerprint density at radius 1 is 1.44 bits per heavy atom. The summed E-state index contributed by atoms with van der Waals surface area (Å²) < 4.78 is 9.66. The molecule has 0 fully saturated rings. The van der Waals surface area contributed by atoms with Gasteiger partial charge in [-0.3, -0.25) is 0 Å². The number of carbonyl (C=O) groups excluding carboxylic acids is 2. The number of amides is 1. The molecule has 1 atom stereocenters. The van der Waals surface area contributed by atoms with Gasteiger partial charge in [0, 0.05) is 5.75 Å². The average Bonchev–Trinajstić information content (AvgIpc) is 2.24. The first-order valence-electron chi connectivity index (χ1n) is 5.38. The van der Waals surface area contributed by atoms with E-state index in [4.69, 9.17) is 11.2 Å². The lowest BCUT2D eigenvalue weighted by molar-refractivity contribution is -0.142. The first-order chi connectivity index (χ1) is 8.30. The van der Waals surface area contributed by atoms with Crippen molar-refractivity contribution in [3.8, 4) is 12.3 Å². The second kappa shape index (κ2) is 7.88. The van der Waals surface area contributed by atoms with Crippen molar-refractivity contribution in [1.82, 2.24) is 5.32 Å². The molecule has 0 aliphatic carbocycles. The molecule has 0 unspecified atom stereocenters. The van der Waals surface area contributed by atoms with Gasteiger partial charge in [-0.15, -0.1) is 18.2 Å². The van der Waals surface area contributed by atoms with Crippen LogP contribution < -0.4 is 5.32 Å². The van der Waals surface area contributed by atoms with Gasteiger partial charge < -0.3 is 14.8 Å². The van der Waals surface area contributed by atoms with Crippen LogP contribution in [-0.2, 0) is 14.3 Å². The number of thioether (sulfide) groups is 1. The minimum absolute atomic E-state index is 0.343. The van der Waals surface area contributed by atoms with Crippen LogP contribution in [0.5, 0.6) is 0 Å². The SMILES string of the molecule is C#CCSC[C@H](NC(=O)OC(C)(C)C)C(=O)OC. The third-order valence-corrected chi connectivity index (χ3v) is 2.59. The van der Waals surface area contributed by atoms with Crippen molar-refractivity contribution in [3.63, 3.8) is 0 Å². The predicted octanol–water partition coefficient (Wildman–Crippen LogP) is 1.42. The number of hydrogen-bond donors (Lipinski definition) is 1. The van der Waals surface area contributed by atoms with Crippen LogP contribution in [0.1, 0.15) is 20.8 Å². The molecule has 0 spiro atoms. The maximum Gasteiger partial charge on any atom is 0.408 e. The average molecular weight is 273 g/mol. The highest BCUT2D eigenvalue weighted by molar-refractivity contribution is 7.99. The van der Waals surface area contributed by atoms with Crippen molar-refractivity contribution >= 4 is 23.8 Å². The Morgan fingerprint density at radius 2 is 2.06 bits per heavy atom. The van der Waals surface area contributed by atoms with Gasteiger partial charge in [0.15, 0.2) is 0 Å². The number of carbonyl (C=O) groups is 2. The molecule has 0 aromatic carbocycles. The summed E-state index contributed by atoms with van der Waals surface area (Å²) >= 11 is 1.36. The zero-order valence-corrected chi connectivity index (χ0v) is 11.9. The Morgan fingerprint density at radius 3 is 2.50 bits per heavy atom. The van der Waals surface area contributed by atoms with Gasteiger partial charge >= 0.3 is 12.1 Å². The van der Waals surface area contributed by atoms with Gasteiger partial charge in [0.2, 0.25) is 0 Å². The Bertz CT molecular complexity index is 330. The van der Waals surface area contributed by atoms with E-state index in [1.807, 2.05) is 0 Å². The zero-order chi connectivity index (χ0) is 14.2. The minimum atomic E-state index is -0.761. The van der Waals surface area contributed by atoms with Crippen LogP contribution in [0.4, 0.5) is 4.79 Å². The minimum Gasteiger partial charge on any atom is -0.467 e. The van der Waals surface area contributed by atoms with Gasteiger partial charge in [-0.2, -0.15) is 0 Å². The van der Waals surface area contributed by atoms with E-state index in [0.717, 1.165) is 0 Å². The predicted molar refractivity (Wildman–Crippen MR) is 71.3 cm³/mol. The molecule has 0 heterocycles. The summed E-state index contributed by atoms with van der Waals surface area (Å²) in [5.41, 5.74) is -0.614. The largest absolute Gasteiger partial charge is 0.467 e. The van der Waals surface area contributed by atoms with Crippen molar-refractivity contribution < 1.29 is 19.1 Å². The molecule has 0 saturated heterocycles. The molecule has 0 aromatic heterocycles. The molecular weight excluding hydrogens is 254 g/mol. The second-order valence-electron chi connectivity index (χ2n) is 4.44. The van der Waals surface area contributed by atoms with E-state index in [1.54, 1.807) is 20.8 Å². The lowest BCUT2D eigenvalue weighted by Gasteiger charge is -2.22. The van der Waals surface area contributed by atoms with E-state index in [-0.39, 0.29) is 0 Å². The zero-order valence-electron chi connectivity index (χ0n) is 11.1. The summed E-state index contributed by atoms with van der Waals surface area (Å²) in [7, 11) is 1.26. The summed E-state index contributed by atoms with van der Waals surface area (Å²) in [6.45, 7) is 5.23. The summed E-state index contributed by atoms with van der Waals surface area (Å²) in [5.74, 6) is 2.72. The number of methoxy groups -OCH3 is 1. The highest BCUT2D eigenvalue weighted by atomic mass is 32.2. The fourth-order valence-corrected chi connectivity index (χ4v) is 1.69. The summed E-state index contributed by atoms with van der Waals surface area (Å²) in [6.07, 6.45) is 4.46. The van der Waals surface area contributed by atoms with Crippen LogP contribution in [-0.4, -0.2) is 42.3 Å². The molecule has 0 aliphatic heterocycles. The molecular formula is C12H19NO4S. The molecule has 6 heteroatoms. The second-order valence-corrected chi connectivity index (χ2v) is 5.47. The molecule has 0 aliphatic rings. The topological polar surface area (TPSA) is 64.6 Å². The van der Waals surface area contributed by atoms with Crippen molar-refractivity contribution in [3.05, 3.63) is 0 Å². The number of hydrogen-bond acceptors (Lipinski definition) is 5. The van der Waals surface area contributed by atoms with E-state index in [0.29, 0.717) is 11.5 Å². The van der Waals surface area contributed by atoms with E-state index >= 15 is 0 Å². The first-order valence-corrected chi connectivity index (χ1v) is 6.54. The van der Waals surface area contributed by atoms with E-state index in [9.17, 15) is 9.59 Å². The Labute approximate surface area is 112 Å². The number of rotatable bonds is 5. The number of nitrogens with one attached hydrogen (secondary N) is 1. The van der Waals surface area contributed by atoms with E-state index < -0.39 is 23.7 Å². The summed E-state index contributed by atoms with van der Waals surface area (Å²) in [6, 6.07) is -0.761. The van der Waals surface area contributed by atoms with Gasteiger partial charge in [0.25, 0.3) is 0 Å². The number of esters is 1. The van der Waals surface area contributed by atoms with Crippen LogP contribution >= 0.6 is 11.8 Å². The highest BCUT2D eigenvalue weighted by Crippen LogP contribution is 2.08. The highest BCUT2D eigenvalue weighted by Gasteiger charge is 2.24. The first kappa shape index (κ1) is 16.6. The lowest BCUT2D eigenvalue weighted by atomic mass is 10.2. The van der Waals surface area contributed by atoms with Crippen LogP contribution in [0.15, 0.2) is 0 Å². The van der Waals surface area contributed by atoms with Crippen LogP contribution in [0.25, 0.3) is 0 Å². The van der Waals surface area contributed by atoms with Crippen molar-refractivity contribution in [2.75, 3.05) is 18.6 Å². The molecule has 1 N–H and O–H groups in total. The molecule has 1 amide bonds. The molecule has 5 nitrogen and oxygen atoms in total. The molecule has 102 valence electrons. The third kappa shape index (κ3) is 7.85. The third-order valence-electron chi connectivity index (χ3n) is 1.65. The fraction of sp³-hybridized carbons (Fsp3) is 0.667. The Kier molecular flexibility index (Phi) is 7.29. The van der Waals surface area contributed by atoms with Gasteiger partial charge in [0.1, 0.15) is 11.6 Å². The molecule has 0 radical (unpaired) electrons. The van der Waals surface area contributed by atoms with Crippen molar-refractivity contribution in [2.24, 2.45) is 0 Å². The molecule has 18 heavy (non-hydrogen) atoms. The molecule has 0 aromatic rings. The smallest absolute Gasteiger partial charge is 0.408 e. The van der Waals surface area contributed by atoms with Crippen LogP contribution in [0, 0.1) is 12.3 Å².